The molecule has 2 aromatic rings. The fraction of sp³-hybridized carbons (Fsp3) is 0.375. The van der Waals surface area contributed by atoms with Gasteiger partial charge in [0.15, 0.2) is 11.5 Å². The first-order chi connectivity index (χ1) is 16.4. The number of fused-ring (bicyclic) bond motifs is 8. The van der Waals surface area contributed by atoms with Gasteiger partial charge in [-0.25, -0.2) is 4.79 Å². The molecule has 34 heavy (non-hydrogen) atoms. The molecule has 1 aliphatic carbocycles. The van der Waals surface area contributed by atoms with Gasteiger partial charge in [0.1, 0.15) is 17.2 Å². The SMILES string of the molecule is CO[C@H]1C=C2[C@H]3CN(Cc4cc5c(cc43)OCO5)[C@H]2C[C@@H]1OC(=O)c1ccc(Cl)c([N+](=O)[O-])c1. The van der Waals surface area contributed by atoms with Crippen molar-refractivity contribution in [1.82, 2.24) is 4.90 Å². The normalized spacial score (nSPS) is 28.1. The highest BCUT2D eigenvalue weighted by atomic mass is 35.5. The lowest BCUT2D eigenvalue weighted by Gasteiger charge is -2.34. The minimum absolute atomic E-state index is 0.0334. The summed E-state index contributed by atoms with van der Waals surface area (Å²) in [6.45, 7) is 1.89. The first-order valence-electron chi connectivity index (χ1n) is 11.0. The van der Waals surface area contributed by atoms with E-state index in [2.05, 4.69) is 23.1 Å². The molecule has 0 aromatic heterocycles. The third-order valence-corrected chi connectivity index (χ3v) is 7.44. The standard InChI is InChI=1S/C24H21ClN2O7/c1-31-20-7-15-16-10-26(9-13-5-21-22(6-14(13)16)33-11-32-21)18(15)8-23(20)34-24(28)12-2-3-17(25)19(4-12)27(29)30/h2-7,16,18,20,23H,8-11H2,1H3/t16-,18-,20-,23-/m0/s1. The summed E-state index contributed by atoms with van der Waals surface area (Å²) in [6, 6.07) is 8.16. The summed E-state index contributed by atoms with van der Waals surface area (Å²) in [5, 5.41) is 11.2. The van der Waals surface area contributed by atoms with E-state index in [0.717, 1.165) is 30.7 Å². The van der Waals surface area contributed by atoms with E-state index < -0.39 is 23.1 Å². The second kappa shape index (κ2) is 7.97. The van der Waals surface area contributed by atoms with Crippen LogP contribution in [0.15, 0.2) is 42.0 Å². The number of ether oxygens (including phenoxy) is 4. The Morgan fingerprint density at radius 2 is 2.03 bits per heavy atom. The van der Waals surface area contributed by atoms with E-state index in [9.17, 15) is 14.9 Å². The first kappa shape index (κ1) is 21.4. The smallest absolute Gasteiger partial charge is 0.338 e. The van der Waals surface area contributed by atoms with E-state index in [1.807, 2.05) is 0 Å². The van der Waals surface area contributed by atoms with Gasteiger partial charge >= 0.3 is 5.97 Å². The average molecular weight is 485 g/mol. The van der Waals surface area contributed by atoms with Gasteiger partial charge in [-0.3, -0.25) is 15.0 Å². The Kier molecular flexibility index (Phi) is 5.02. The van der Waals surface area contributed by atoms with Crippen LogP contribution in [0, 0.1) is 10.1 Å². The maximum absolute atomic E-state index is 12.9. The molecule has 0 spiro atoms. The Hall–Kier alpha value is -3.14. The van der Waals surface area contributed by atoms with E-state index in [1.165, 1.54) is 28.8 Å². The van der Waals surface area contributed by atoms with E-state index in [0.29, 0.717) is 6.42 Å². The molecular formula is C24H21ClN2O7. The van der Waals surface area contributed by atoms with E-state index in [4.69, 9.17) is 30.5 Å². The van der Waals surface area contributed by atoms with Crippen molar-refractivity contribution in [3.63, 3.8) is 0 Å². The highest BCUT2D eigenvalue weighted by molar-refractivity contribution is 6.32. The van der Waals surface area contributed by atoms with Gasteiger partial charge in [-0.05, 0) is 41.0 Å². The number of hydrogen-bond acceptors (Lipinski definition) is 8. The Labute approximate surface area is 199 Å². The Bertz CT molecular complexity index is 1250. The minimum Gasteiger partial charge on any atom is -0.456 e. The molecule has 3 heterocycles. The number of halogens is 1. The molecule has 0 saturated carbocycles. The highest BCUT2D eigenvalue weighted by Crippen LogP contribution is 2.50. The number of nitro groups is 1. The molecule has 4 aliphatic rings. The molecule has 1 saturated heterocycles. The van der Waals surface area contributed by atoms with Crippen molar-refractivity contribution in [2.45, 2.75) is 37.1 Å². The third kappa shape index (κ3) is 3.34. The summed E-state index contributed by atoms with van der Waals surface area (Å²) in [7, 11) is 1.59. The Balaban J connectivity index is 1.26. The molecule has 1 fully saturated rings. The number of rotatable bonds is 4. The number of nitrogens with zero attached hydrogens (tertiary/aromatic N) is 2. The van der Waals surface area contributed by atoms with Crippen LogP contribution in [0.25, 0.3) is 0 Å². The van der Waals surface area contributed by atoms with Crippen molar-refractivity contribution in [3.05, 3.63) is 73.8 Å². The zero-order valence-corrected chi connectivity index (χ0v) is 19.0. The van der Waals surface area contributed by atoms with E-state index in [1.54, 1.807) is 7.11 Å². The van der Waals surface area contributed by atoms with Gasteiger partial charge in [-0.1, -0.05) is 17.7 Å². The fourth-order valence-electron chi connectivity index (χ4n) is 5.53. The molecule has 0 amide bonds. The number of esters is 1. The number of hydrogen-bond donors (Lipinski definition) is 0. The van der Waals surface area contributed by atoms with Crippen LogP contribution in [-0.2, 0) is 16.0 Å². The van der Waals surface area contributed by atoms with Gasteiger partial charge in [0.05, 0.1) is 10.5 Å². The number of benzene rings is 2. The van der Waals surface area contributed by atoms with Gasteiger partial charge in [0.25, 0.3) is 5.69 Å². The topological polar surface area (TPSA) is 100 Å². The molecular weight excluding hydrogens is 464 g/mol. The van der Waals surface area contributed by atoms with Crippen molar-refractivity contribution in [3.8, 4) is 11.5 Å². The van der Waals surface area contributed by atoms with Crippen molar-refractivity contribution in [1.29, 1.82) is 0 Å². The Morgan fingerprint density at radius 1 is 1.24 bits per heavy atom. The van der Waals surface area contributed by atoms with E-state index in [-0.39, 0.29) is 35.0 Å². The molecule has 176 valence electrons. The lowest BCUT2D eigenvalue weighted by Crippen LogP contribution is -2.43. The van der Waals surface area contributed by atoms with Gasteiger partial charge < -0.3 is 18.9 Å². The average Bonchev–Trinajstić information content (AvgIpc) is 3.39. The second-order valence-corrected chi connectivity index (χ2v) is 9.28. The lowest BCUT2D eigenvalue weighted by molar-refractivity contribution is -0.384. The van der Waals surface area contributed by atoms with Crippen LogP contribution in [-0.4, -0.2) is 54.5 Å². The predicted octanol–water partition coefficient (Wildman–Crippen LogP) is 3.83. The Morgan fingerprint density at radius 3 is 2.79 bits per heavy atom. The largest absolute Gasteiger partial charge is 0.456 e. The molecule has 2 aromatic carbocycles. The van der Waals surface area contributed by atoms with Crippen LogP contribution < -0.4 is 9.47 Å². The fourth-order valence-corrected chi connectivity index (χ4v) is 5.71. The van der Waals surface area contributed by atoms with Crippen molar-refractivity contribution < 1.29 is 28.7 Å². The molecule has 6 rings (SSSR count). The molecule has 5 atom stereocenters. The number of carbonyl (C=O) groups is 1. The predicted molar refractivity (Wildman–Crippen MR) is 120 cm³/mol. The van der Waals surface area contributed by atoms with Gasteiger partial charge in [0.2, 0.25) is 6.79 Å². The van der Waals surface area contributed by atoms with Crippen LogP contribution in [0.1, 0.15) is 33.8 Å². The summed E-state index contributed by atoms with van der Waals surface area (Å²) >= 11 is 5.87. The van der Waals surface area contributed by atoms with Gasteiger partial charge in [-0.2, -0.15) is 0 Å². The van der Waals surface area contributed by atoms with E-state index >= 15 is 0 Å². The number of carbonyl (C=O) groups excluding carboxylic acids is 1. The second-order valence-electron chi connectivity index (χ2n) is 8.87. The molecule has 2 bridgehead atoms. The first-order valence-corrected chi connectivity index (χ1v) is 11.4. The van der Waals surface area contributed by atoms with Crippen LogP contribution >= 0.6 is 11.6 Å². The van der Waals surface area contributed by atoms with Crippen LogP contribution in [0.2, 0.25) is 5.02 Å². The maximum atomic E-state index is 12.9. The minimum atomic E-state index is -0.645. The number of methoxy groups -OCH3 is 1. The monoisotopic (exact) mass is 484 g/mol. The van der Waals surface area contributed by atoms with Crippen LogP contribution in [0.3, 0.4) is 0 Å². The van der Waals surface area contributed by atoms with Gasteiger partial charge in [0, 0.05) is 44.6 Å². The van der Waals surface area contributed by atoms with Gasteiger partial charge in [-0.15, -0.1) is 0 Å². The summed E-state index contributed by atoms with van der Waals surface area (Å²) in [5.74, 6) is 1.13. The lowest BCUT2D eigenvalue weighted by atomic mass is 9.82. The molecule has 1 unspecified atom stereocenters. The zero-order valence-electron chi connectivity index (χ0n) is 18.2. The summed E-state index contributed by atoms with van der Waals surface area (Å²) < 4.78 is 22.7. The van der Waals surface area contributed by atoms with Crippen molar-refractivity contribution >= 4 is 23.3 Å². The molecule has 0 N–H and O–H groups in total. The summed E-state index contributed by atoms with van der Waals surface area (Å²) in [4.78, 5) is 25.8. The zero-order chi connectivity index (χ0) is 23.6. The molecule has 3 aliphatic heterocycles. The summed E-state index contributed by atoms with van der Waals surface area (Å²) in [5.41, 5.74) is 3.46. The summed E-state index contributed by atoms with van der Waals surface area (Å²) in [6.07, 6.45) is 1.69. The highest BCUT2D eigenvalue weighted by Gasteiger charge is 2.47. The third-order valence-electron chi connectivity index (χ3n) is 7.12. The number of nitro benzene ring substituents is 1. The van der Waals surface area contributed by atoms with Crippen molar-refractivity contribution in [2.24, 2.45) is 0 Å². The van der Waals surface area contributed by atoms with Crippen LogP contribution in [0.4, 0.5) is 5.69 Å². The maximum Gasteiger partial charge on any atom is 0.338 e. The molecule has 0 radical (unpaired) electrons. The van der Waals surface area contributed by atoms with Crippen molar-refractivity contribution in [2.75, 3.05) is 20.4 Å². The quantitative estimate of drug-likeness (QED) is 0.279. The van der Waals surface area contributed by atoms with Crippen LogP contribution in [0.5, 0.6) is 11.5 Å². The molecule has 9 nitrogen and oxygen atoms in total. The molecule has 10 heteroatoms.